The number of nitrogens with zero attached hydrogens (tertiary/aromatic N) is 1. The first-order valence-corrected chi connectivity index (χ1v) is 7.15. The zero-order valence-electron chi connectivity index (χ0n) is 10.00. The molecule has 0 spiro atoms. The number of nitrogens with two attached hydrogens (primary N) is 1. The second kappa shape index (κ2) is 5.70. The standard InChI is InChI=1S/C13H18BrClN2/c1-9(16)10-4-5-17(7-10)8-11-2-3-12(15)6-13(11)14/h2-3,6,9-10H,4-5,7-8,16H2,1H3. The van der Waals surface area contributed by atoms with Gasteiger partial charge in [0, 0.05) is 28.6 Å². The van der Waals surface area contributed by atoms with E-state index in [0.717, 1.165) is 29.1 Å². The van der Waals surface area contributed by atoms with E-state index in [1.54, 1.807) is 0 Å². The maximum atomic E-state index is 5.95. The number of benzene rings is 1. The van der Waals surface area contributed by atoms with E-state index in [1.807, 2.05) is 12.1 Å². The molecule has 1 aromatic carbocycles. The van der Waals surface area contributed by atoms with Gasteiger partial charge in [0.15, 0.2) is 0 Å². The first-order chi connectivity index (χ1) is 8.06. The molecule has 1 aliphatic rings. The second-order valence-electron chi connectivity index (χ2n) is 4.88. The molecule has 1 saturated heterocycles. The van der Waals surface area contributed by atoms with Gasteiger partial charge in [0.05, 0.1) is 0 Å². The van der Waals surface area contributed by atoms with Gasteiger partial charge >= 0.3 is 0 Å². The van der Waals surface area contributed by atoms with Crippen LogP contribution >= 0.6 is 27.5 Å². The first-order valence-electron chi connectivity index (χ1n) is 5.98. The van der Waals surface area contributed by atoms with E-state index >= 15 is 0 Å². The Morgan fingerprint density at radius 3 is 2.94 bits per heavy atom. The van der Waals surface area contributed by atoms with Gasteiger partial charge in [-0.2, -0.15) is 0 Å². The lowest BCUT2D eigenvalue weighted by Crippen LogP contribution is -2.29. The summed E-state index contributed by atoms with van der Waals surface area (Å²) in [6.45, 7) is 5.32. The van der Waals surface area contributed by atoms with Gasteiger partial charge in [-0.15, -0.1) is 0 Å². The molecule has 17 heavy (non-hydrogen) atoms. The van der Waals surface area contributed by atoms with Crippen LogP contribution < -0.4 is 5.73 Å². The third-order valence-corrected chi connectivity index (χ3v) is 4.43. The third kappa shape index (κ3) is 3.44. The zero-order valence-corrected chi connectivity index (χ0v) is 12.3. The predicted octanol–water partition coefficient (Wildman–Crippen LogP) is 3.27. The van der Waals surface area contributed by atoms with E-state index in [-0.39, 0.29) is 0 Å². The molecule has 4 heteroatoms. The lowest BCUT2D eigenvalue weighted by molar-refractivity contribution is 0.308. The van der Waals surface area contributed by atoms with Crippen LogP contribution in [0.4, 0.5) is 0 Å². The Balaban J connectivity index is 1.98. The van der Waals surface area contributed by atoms with Crippen LogP contribution in [0.5, 0.6) is 0 Å². The maximum Gasteiger partial charge on any atom is 0.0417 e. The summed E-state index contributed by atoms with van der Waals surface area (Å²) in [5, 5.41) is 0.774. The topological polar surface area (TPSA) is 29.3 Å². The Hall–Kier alpha value is -0.0900. The fourth-order valence-corrected chi connectivity index (χ4v) is 3.13. The van der Waals surface area contributed by atoms with Crippen LogP contribution in [0.2, 0.25) is 5.02 Å². The molecule has 94 valence electrons. The molecule has 1 aromatic rings. The van der Waals surface area contributed by atoms with Crippen LogP contribution in [-0.2, 0) is 6.54 Å². The first kappa shape index (κ1) is 13.3. The van der Waals surface area contributed by atoms with Gasteiger partial charge in [0.25, 0.3) is 0 Å². The number of hydrogen-bond donors (Lipinski definition) is 1. The van der Waals surface area contributed by atoms with Crippen molar-refractivity contribution in [3.05, 3.63) is 33.3 Å². The quantitative estimate of drug-likeness (QED) is 0.927. The average molecular weight is 318 g/mol. The second-order valence-corrected chi connectivity index (χ2v) is 6.17. The lowest BCUT2D eigenvalue weighted by Gasteiger charge is -2.18. The minimum atomic E-state index is 0.300. The van der Waals surface area contributed by atoms with Gasteiger partial charge < -0.3 is 5.73 Å². The van der Waals surface area contributed by atoms with E-state index in [0.29, 0.717) is 12.0 Å². The molecule has 2 rings (SSSR count). The number of rotatable bonds is 3. The van der Waals surface area contributed by atoms with Crippen LogP contribution in [0.15, 0.2) is 22.7 Å². The summed E-state index contributed by atoms with van der Waals surface area (Å²) < 4.78 is 1.09. The van der Waals surface area contributed by atoms with E-state index < -0.39 is 0 Å². The molecule has 0 aliphatic carbocycles. The fourth-order valence-electron chi connectivity index (χ4n) is 2.33. The van der Waals surface area contributed by atoms with Crippen molar-refractivity contribution in [1.82, 2.24) is 4.90 Å². The molecule has 1 heterocycles. The molecule has 2 nitrogen and oxygen atoms in total. The summed E-state index contributed by atoms with van der Waals surface area (Å²) in [7, 11) is 0. The Morgan fingerprint density at radius 1 is 1.59 bits per heavy atom. The Kier molecular flexibility index (Phi) is 4.47. The fraction of sp³-hybridized carbons (Fsp3) is 0.538. The molecular weight excluding hydrogens is 300 g/mol. The molecule has 0 bridgehead atoms. The van der Waals surface area contributed by atoms with Crippen molar-refractivity contribution in [2.24, 2.45) is 11.7 Å². The molecule has 1 fully saturated rings. The summed E-state index contributed by atoms with van der Waals surface area (Å²) in [5.74, 6) is 0.640. The number of halogens is 2. The van der Waals surface area contributed by atoms with E-state index in [4.69, 9.17) is 17.3 Å². The Bertz CT molecular complexity index is 395. The van der Waals surface area contributed by atoms with E-state index in [1.165, 1.54) is 12.0 Å². The smallest absolute Gasteiger partial charge is 0.0417 e. The Labute approximate surface area is 116 Å². The maximum absolute atomic E-state index is 5.95. The summed E-state index contributed by atoms with van der Waals surface area (Å²) in [5.41, 5.74) is 7.24. The largest absolute Gasteiger partial charge is 0.328 e. The van der Waals surface area contributed by atoms with Crippen molar-refractivity contribution >= 4 is 27.5 Å². The van der Waals surface area contributed by atoms with Crippen molar-refractivity contribution in [3.8, 4) is 0 Å². The SMILES string of the molecule is CC(N)C1CCN(Cc2ccc(Cl)cc2Br)C1. The van der Waals surface area contributed by atoms with Gasteiger partial charge in [0.2, 0.25) is 0 Å². The van der Waals surface area contributed by atoms with Gasteiger partial charge in [-0.3, -0.25) is 4.90 Å². The average Bonchev–Trinajstić information content (AvgIpc) is 2.71. The molecule has 0 aromatic heterocycles. The van der Waals surface area contributed by atoms with Crippen molar-refractivity contribution < 1.29 is 0 Å². The number of hydrogen-bond acceptors (Lipinski definition) is 2. The summed E-state index contributed by atoms with van der Waals surface area (Å²) >= 11 is 9.50. The molecule has 0 radical (unpaired) electrons. The highest BCUT2D eigenvalue weighted by atomic mass is 79.9. The van der Waals surface area contributed by atoms with Crippen molar-refractivity contribution in [2.45, 2.75) is 25.9 Å². The minimum Gasteiger partial charge on any atom is -0.328 e. The zero-order chi connectivity index (χ0) is 12.4. The minimum absolute atomic E-state index is 0.300. The molecule has 2 atom stereocenters. The molecule has 2 unspecified atom stereocenters. The highest BCUT2D eigenvalue weighted by molar-refractivity contribution is 9.10. The predicted molar refractivity (Wildman–Crippen MR) is 76.2 cm³/mol. The molecule has 0 amide bonds. The van der Waals surface area contributed by atoms with Crippen LogP contribution in [0.3, 0.4) is 0 Å². The van der Waals surface area contributed by atoms with Gasteiger partial charge in [-0.05, 0) is 43.5 Å². The van der Waals surface area contributed by atoms with E-state index in [9.17, 15) is 0 Å². The molecule has 0 saturated carbocycles. The normalized spacial score (nSPS) is 22.9. The summed E-state index contributed by atoms with van der Waals surface area (Å²) in [4.78, 5) is 2.46. The van der Waals surface area contributed by atoms with Crippen molar-refractivity contribution in [2.75, 3.05) is 13.1 Å². The van der Waals surface area contributed by atoms with Crippen molar-refractivity contribution in [3.63, 3.8) is 0 Å². The van der Waals surface area contributed by atoms with Crippen LogP contribution in [0, 0.1) is 5.92 Å². The van der Waals surface area contributed by atoms with Crippen molar-refractivity contribution in [1.29, 1.82) is 0 Å². The van der Waals surface area contributed by atoms with Gasteiger partial charge in [0.1, 0.15) is 0 Å². The van der Waals surface area contributed by atoms with Crippen LogP contribution in [0.25, 0.3) is 0 Å². The Morgan fingerprint density at radius 2 is 2.35 bits per heavy atom. The van der Waals surface area contributed by atoms with E-state index in [2.05, 4.69) is 33.8 Å². The highest BCUT2D eigenvalue weighted by Crippen LogP contribution is 2.26. The highest BCUT2D eigenvalue weighted by Gasteiger charge is 2.25. The monoisotopic (exact) mass is 316 g/mol. The number of likely N-dealkylation sites (tertiary alicyclic amines) is 1. The molecule has 2 N–H and O–H groups in total. The summed E-state index contributed by atoms with van der Waals surface area (Å²) in [6, 6.07) is 6.29. The molecular formula is C13H18BrClN2. The van der Waals surface area contributed by atoms with Crippen LogP contribution in [0.1, 0.15) is 18.9 Å². The third-order valence-electron chi connectivity index (χ3n) is 3.46. The summed E-state index contributed by atoms with van der Waals surface area (Å²) in [6.07, 6.45) is 1.21. The lowest BCUT2D eigenvalue weighted by atomic mass is 10.0. The van der Waals surface area contributed by atoms with Gasteiger partial charge in [-0.1, -0.05) is 33.6 Å². The van der Waals surface area contributed by atoms with Crippen LogP contribution in [-0.4, -0.2) is 24.0 Å². The van der Waals surface area contributed by atoms with Gasteiger partial charge in [-0.25, -0.2) is 0 Å². The molecule has 1 aliphatic heterocycles.